The van der Waals surface area contributed by atoms with Crippen LogP contribution in [0.3, 0.4) is 0 Å². The molecule has 2 rings (SSSR count). The Morgan fingerprint density at radius 2 is 2.15 bits per heavy atom. The van der Waals surface area contributed by atoms with Gasteiger partial charge in [0.05, 0.1) is 0 Å². The second-order valence-corrected chi connectivity index (χ2v) is 6.81. The fourth-order valence-corrected chi connectivity index (χ4v) is 3.63. The first kappa shape index (κ1) is 15.8. The van der Waals surface area contributed by atoms with Gasteiger partial charge in [-0.1, -0.05) is 6.92 Å². The van der Waals surface area contributed by atoms with Crippen LogP contribution in [0.4, 0.5) is 0 Å². The van der Waals surface area contributed by atoms with Crippen LogP contribution in [-0.2, 0) is 4.79 Å². The first-order valence-corrected chi connectivity index (χ1v) is 8.20. The summed E-state index contributed by atoms with van der Waals surface area (Å²) in [6, 6.07) is 0.996. The maximum atomic E-state index is 11.8. The lowest BCUT2D eigenvalue weighted by molar-refractivity contribution is -0.147. The lowest BCUT2D eigenvalue weighted by Gasteiger charge is -2.43. The van der Waals surface area contributed by atoms with Gasteiger partial charge in [-0.15, -0.1) is 0 Å². The van der Waals surface area contributed by atoms with Gasteiger partial charge in [0.15, 0.2) is 0 Å². The monoisotopic (exact) mass is 282 g/mol. The van der Waals surface area contributed by atoms with Crippen LogP contribution in [0.25, 0.3) is 0 Å². The van der Waals surface area contributed by atoms with Crippen molar-refractivity contribution in [2.45, 2.75) is 76.4 Å². The summed E-state index contributed by atoms with van der Waals surface area (Å²) in [5.41, 5.74) is -0.698. The average Bonchev–Trinajstić information content (AvgIpc) is 3.28. The summed E-state index contributed by atoms with van der Waals surface area (Å²) in [7, 11) is 2.19. The van der Waals surface area contributed by atoms with E-state index < -0.39 is 11.5 Å². The predicted molar refractivity (Wildman–Crippen MR) is 80.9 cm³/mol. The molecule has 2 saturated carbocycles. The van der Waals surface area contributed by atoms with Crippen molar-refractivity contribution in [1.82, 2.24) is 10.2 Å². The van der Waals surface area contributed by atoms with Crippen LogP contribution in [0, 0.1) is 5.92 Å². The Hall–Kier alpha value is -0.610. The van der Waals surface area contributed by atoms with Crippen molar-refractivity contribution in [2.24, 2.45) is 5.92 Å². The Labute approximate surface area is 122 Å². The number of hydrogen-bond acceptors (Lipinski definition) is 3. The minimum Gasteiger partial charge on any atom is -0.480 e. The van der Waals surface area contributed by atoms with E-state index in [2.05, 4.69) is 31.1 Å². The smallest absolute Gasteiger partial charge is 0.323 e. The molecule has 0 radical (unpaired) electrons. The largest absolute Gasteiger partial charge is 0.480 e. The molecule has 0 saturated heterocycles. The minimum absolute atomic E-state index is 0.403. The molecule has 0 bridgehead atoms. The van der Waals surface area contributed by atoms with Gasteiger partial charge in [0.2, 0.25) is 0 Å². The molecule has 0 aromatic rings. The van der Waals surface area contributed by atoms with Crippen LogP contribution in [-0.4, -0.2) is 47.2 Å². The second kappa shape index (κ2) is 6.44. The fourth-order valence-electron chi connectivity index (χ4n) is 3.63. The van der Waals surface area contributed by atoms with Crippen molar-refractivity contribution in [3.63, 3.8) is 0 Å². The van der Waals surface area contributed by atoms with Crippen LogP contribution in [0.1, 0.15) is 58.8 Å². The van der Waals surface area contributed by atoms with E-state index in [4.69, 9.17) is 0 Å². The Kier molecular flexibility index (Phi) is 5.08. The Morgan fingerprint density at radius 3 is 2.70 bits per heavy atom. The molecule has 2 fully saturated rings. The Balaban J connectivity index is 2.02. The second-order valence-electron chi connectivity index (χ2n) is 6.81. The first-order valence-electron chi connectivity index (χ1n) is 8.20. The molecule has 20 heavy (non-hydrogen) atoms. The van der Waals surface area contributed by atoms with Gasteiger partial charge in [0.1, 0.15) is 5.54 Å². The van der Waals surface area contributed by atoms with Crippen molar-refractivity contribution >= 4 is 5.97 Å². The fraction of sp³-hybridized carbons (Fsp3) is 0.938. The zero-order chi connectivity index (χ0) is 14.8. The third-order valence-electron chi connectivity index (χ3n) is 5.37. The molecule has 0 aromatic heterocycles. The maximum Gasteiger partial charge on any atom is 0.323 e. The average molecular weight is 282 g/mol. The molecule has 2 aliphatic rings. The summed E-state index contributed by atoms with van der Waals surface area (Å²) in [6.07, 6.45) is 7.33. The molecule has 0 spiro atoms. The molecule has 3 unspecified atom stereocenters. The summed E-state index contributed by atoms with van der Waals surface area (Å²) < 4.78 is 0. The van der Waals surface area contributed by atoms with Crippen LogP contribution < -0.4 is 5.32 Å². The number of nitrogens with one attached hydrogen (secondary N) is 1. The summed E-state index contributed by atoms with van der Waals surface area (Å²) >= 11 is 0. The van der Waals surface area contributed by atoms with Crippen molar-refractivity contribution in [1.29, 1.82) is 0 Å². The van der Waals surface area contributed by atoms with Gasteiger partial charge in [0.25, 0.3) is 0 Å². The molecular weight excluding hydrogens is 252 g/mol. The van der Waals surface area contributed by atoms with Crippen LogP contribution in [0.5, 0.6) is 0 Å². The van der Waals surface area contributed by atoms with E-state index in [0.29, 0.717) is 12.1 Å². The Morgan fingerprint density at radius 1 is 1.45 bits per heavy atom. The van der Waals surface area contributed by atoms with E-state index in [-0.39, 0.29) is 0 Å². The highest BCUT2D eigenvalue weighted by atomic mass is 16.4. The van der Waals surface area contributed by atoms with Crippen LogP contribution in [0.15, 0.2) is 0 Å². The van der Waals surface area contributed by atoms with Crippen molar-refractivity contribution < 1.29 is 9.90 Å². The SMILES string of the molecule is CCCNC1(C(=O)O)CCCC(N(C)C(C)C2CC2)C1. The van der Waals surface area contributed by atoms with E-state index >= 15 is 0 Å². The highest BCUT2D eigenvalue weighted by Crippen LogP contribution is 2.38. The third-order valence-corrected chi connectivity index (χ3v) is 5.37. The van der Waals surface area contributed by atoms with Gasteiger partial charge < -0.3 is 15.3 Å². The third kappa shape index (κ3) is 3.34. The first-order chi connectivity index (χ1) is 9.50. The number of aliphatic carboxylic acids is 1. The summed E-state index contributed by atoms with van der Waals surface area (Å²) in [4.78, 5) is 14.2. The highest BCUT2D eigenvalue weighted by molar-refractivity contribution is 5.79. The predicted octanol–water partition coefficient (Wildman–Crippen LogP) is 2.48. The Bertz CT molecular complexity index is 343. The van der Waals surface area contributed by atoms with Gasteiger partial charge in [-0.25, -0.2) is 0 Å². The van der Waals surface area contributed by atoms with Gasteiger partial charge in [0, 0.05) is 12.1 Å². The lowest BCUT2D eigenvalue weighted by Crippen LogP contribution is -2.59. The topological polar surface area (TPSA) is 52.6 Å². The van der Waals surface area contributed by atoms with E-state index in [0.717, 1.165) is 44.6 Å². The molecular formula is C16H30N2O2. The van der Waals surface area contributed by atoms with Gasteiger partial charge in [-0.3, -0.25) is 4.79 Å². The van der Waals surface area contributed by atoms with E-state index in [1.54, 1.807) is 0 Å². The molecule has 3 atom stereocenters. The van der Waals surface area contributed by atoms with E-state index in [1.165, 1.54) is 12.8 Å². The number of carboxylic acid groups (broad SMARTS) is 1. The van der Waals surface area contributed by atoms with E-state index in [1.807, 2.05) is 0 Å². The van der Waals surface area contributed by atoms with Crippen molar-refractivity contribution in [2.75, 3.05) is 13.6 Å². The molecule has 4 heteroatoms. The number of hydrogen-bond donors (Lipinski definition) is 2. The molecule has 0 aromatic carbocycles. The lowest BCUT2D eigenvalue weighted by atomic mass is 9.78. The molecule has 0 heterocycles. The molecule has 0 aliphatic heterocycles. The zero-order valence-corrected chi connectivity index (χ0v) is 13.2. The van der Waals surface area contributed by atoms with Gasteiger partial charge >= 0.3 is 5.97 Å². The minimum atomic E-state index is -0.698. The summed E-state index contributed by atoms with van der Waals surface area (Å²) in [5.74, 6) is 0.174. The number of rotatable bonds is 7. The summed E-state index contributed by atoms with van der Waals surface area (Å²) in [5, 5.41) is 13.0. The number of nitrogens with zero attached hydrogens (tertiary/aromatic N) is 1. The molecule has 2 aliphatic carbocycles. The van der Waals surface area contributed by atoms with Crippen LogP contribution in [0.2, 0.25) is 0 Å². The molecule has 4 nitrogen and oxygen atoms in total. The highest BCUT2D eigenvalue weighted by Gasteiger charge is 2.44. The quantitative estimate of drug-likeness (QED) is 0.753. The van der Waals surface area contributed by atoms with E-state index in [9.17, 15) is 9.90 Å². The zero-order valence-electron chi connectivity index (χ0n) is 13.2. The number of carbonyl (C=O) groups is 1. The summed E-state index contributed by atoms with van der Waals surface area (Å²) in [6.45, 7) is 5.18. The van der Waals surface area contributed by atoms with Crippen LogP contribution >= 0.6 is 0 Å². The van der Waals surface area contributed by atoms with Gasteiger partial charge in [-0.05, 0) is 71.4 Å². The molecule has 0 amide bonds. The van der Waals surface area contributed by atoms with Gasteiger partial charge in [-0.2, -0.15) is 0 Å². The normalized spacial score (nSPS) is 32.3. The van der Waals surface area contributed by atoms with Crippen molar-refractivity contribution in [3.05, 3.63) is 0 Å². The number of carboxylic acids is 1. The van der Waals surface area contributed by atoms with Crippen molar-refractivity contribution in [3.8, 4) is 0 Å². The standard InChI is InChI=1S/C16H30N2O2/c1-4-10-17-16(15(19)20)9-5-6-14(11-16)18(3)12(2)13-7-8-13/h12-14,17H,4-11H2,1-3H3,(H,19,20). The molecule has 116 valence electrons. The molecule has 2 N–H and O–H groups in total. The maximum absolute atomic E-state index is 11.8.